The lowest BCUT2D eigenvalue weighted by atomic mass is 10.0. The van der Waals surface area contributed by atoms with Crippen LogP contribution in [0.2, 0.25) is 0 Å². The molecule has 1 aromatic rings. The lowest BCUT2D eigenvalue weighted by molar-refractivity contribution is -0.137. The molecule has 1 aliphatic heterocycles. The highest BCUT2D eigenvalue weighted by atomic mass is 19.4. The number of rotatable bonds is 4. The molecule has 0 atom stereocenters. The number of benzene rings is 1. The summed E-state index contributed by atoms with van der Waals surface area (Å²) in [6, 6.07) is 5.83. The summed E-state index contributed by atoms with van der Waals surface area (Å²) in [5.74, 6) is 0.841. The first-order valence-electron chi connectivity index (χ1n) is 8.07. The summed E-state index contributed by atoms with van der Waals surface area (Å²) in [6.07, 6.45) is 0.146. The van der Waals surface area contributed by atoms with Crippen LogP contribution in [-0.4, -0.2) is 25.7 Å². The van der Waals surface area contributed by atoms with Crippen molar-refractivity contribution in [2.24, 2.45) is 5.92 Å². The Labute approximate surface area is 134 Å². The first kappa shape index (κ1) is 16.1. The summed E-state index contributed by atoms with van der Waals surface area (Å²) in [5, 5.41) is 12.8. The average Bonchev–Trinajstić information content (AvgIpc) is 3.36. The van der Waals surface area contributed by atoms with E-state index in [0.717, 1.165) is 50.5 Å². The van der Waals surface area contributed by atoms with Gasteiger partial charge in [0.05, 0.1) is 16.8 Å². The second-order valence-corrected chi connectivity index (χ2v) is 6.45. The van der Waals surface area contributed by atoms with E-state index in [1.165, 1.54) is 18.9 Å². The second kappa shape index (κ2) is 6.40. The molecular weight excluding hydrogens is 303 g/mol. The van der Waals surface area contributed by atoms with Crippen LogP contribution in [0.5, 0.6) is 0 Å². The Morgan fingerprint density at radius 1 is 1.17 bits per heavy atom. The molecule has 2 aliphatic rings. The molecule has 0 radical (unpaired) electrons. The molecule has 0 amide bonds. The molecule has 0 spiro atoms. The van der Waals surface area contributed by atoms with Crippen molar-refractivity contribution in [2.45, 2.75) is 37.9 Å². The average molecular weight is 323 g/mol. The summed E-state index contributed by atoms with van der Waals surface area (Å²) in [6.45, 7) is 2.61. The summed E-state index contributed by atoms with van der Waals surface area (Å²) >= 11 is 0. The molecular formula is C17H20F3N3. The zero-order valence-corrected chi connectivity index (χ0v) is 12.9. The zero-order chi connectivity index (χ0) is 16.4. The molecule has 23 heavy (non-hydrogen) atoms. The van der Waals surface area contributed by atoms with Crippen LogP contribution >= 0.6 is 0 Å². The van der Waals surface area contributed by atoms with Gasteiger partial charge in [0.2, 0.25) is 0 Å². The lowest BCUT2D eigenvalue weighted by Crippen LogP contribution is -2.43. The Morgan fingerprint density at radius 3 is 2.43 bits per heavy atom. The Morgan fingerprint density at radius 2 is 1.87 bits per heavy atom. The number of hydrogen-bond acceptors (Lipinski definition) is 3. The predicted molar refractivity (Wildman–Crippen MR) is 82.1 cm³/mol. The van der Waals surface area contributed by atoms with E-state index >= 15 is 0 Å². The van der Waals surface area contributed by atoms with Crippen LogP contribution in [0.1, 0.15) is 36.8 Å². The fourth-order valence-electron chi connectivity index (χ4n) is 3.06. The first-order chi connectivity index (χ1) is 11.0. The molecule has 2 fully saturated rings. The Kier molecular flexibility index (Phi) is 4.49. The van der Waals surface area contributed by atoms with Gasteiger partial charge in [-0.3, -0.25) is 0 Å². The number of nitrogens with one attached hydrogen (secondary N) is 1. The van der Waals surface area contributed by atoms with Gasteiger partial charge in [-0.05, 0) is 56.3 Å². The number of piperidine rings is 1. The Hall–Kier alpha value is -1.74. The van der Waals surface area contributed by atoms with E-state index in [0.29, 0.717) is 11.7 Å². The largest absolute Gasteiger partial charge is 0.416 e. The topological polar surface area (TPSA) is 39.1 Å². The maximum atomic E-state index is 12.8. The van der Waals surface area contributed by atoms with Gasteiger partial charge in [-0.15, -0.1) is 0 Å². The molecule has 1 N–H and O–H groups in total. The van der Waals surface area contributed by atoms with Gasteiger partial charge in [0, 0.05) is 19.1 Å². The fraction of sp³-hybridized carbons (Fsp3) is 0.588. The van der Waals surface area contributed by atoms with E-state index in [1.54, 1.807) is 0 Å². The van der Waals surface area contributed by atoms with E-state index in [-0.39, 0.29) is 5.56 Å². The van der Waals surface area contributed by atoms with Crippen LogP contribution in [0.25, 0.3) is 0 Å². The SMILES string of the molecule is N#Cc1cc(C(F)(F)F)ccc1N1CCC(NCC2CC2)CC1. The molecule has 1 saturated heterocycles. The van der Waals surface area contributed by atoms with Gasteiger partial charge in [-0.2, -0.15) is 18.4 Å². The quantitative estimate of drug-likeness (QED) is 0.921. The normalized spacial score (nSPS) is 19.7. The highest BCUT2D eigenvalue weighted by Crippen LogP contribution is 2.33. The van der Waals surface area contributed by atoms with Gasteiger partial charge in [-0.1, -0.05) is 0 Å². The van der Waals surface area contributed by atoms with Gasteiger partial charge >= 0.3 is 6.18 Å². The zero-order valence-electron chi connectivity index (χ0n) is 12.9. The van der Waals surface area contributed by atoms with Crippen molar-refractivity contribution in [1.29, 1.82) is 5.26 Å². The molecule has 0 bridgehead atoms. The molecule has 3 nitrogen and oxygen atoms in total. The van der Waals surface area contributed by atoms with Crippen molar-refractivity contribution in [3.63, 3.8) is 0 Å². The van der Waals surface area contributed by atoms with E-state index in [9.17, 15) is 18.4 Å². The molecule has 3 rings (SSSR count). The van der Waals surface area contributed by atoms with Crippen molar-refractivity contribution in [3.05, 3.63) is 29.3 Å². The molecule has 1 saturated carbocycles. The van der Waals surface area contributed by atoms with Gasteiger partial charge in [0.1, 0.15) is 6.07 Å². The van der Waals surface area contributed by atoms with Crippen LogP contribution < -0.4 is 10.2 Å². The predicted octanol–water partition coefficient (Wildman–Crippen LogP) is 3.55. The second-order valence-electron chi connectivity index (χ2n) is 6.45. The van der Waals surface area contributed by atoms with Crippen molar-refractivity contribution in [2.75, 3.05) is 24.5 Å². The van der Waals surface area contributed by atoms with E-state index in [4.69, 9.17) is 0 Å². The minimum Gasteiger partial charge on any atom is -0.370 e. The first-order valence-corrected chi connectivity index (χ1v) is 8.07. The third-order valence-corrected chi connectivity index (χ3v) is 4.67. The van der Waals surface area contributed by atoms with E-state index in [1.807, 2.05) is 11.0 Å². The number of hydrogen-bond donors (Lipinski definition) is 1. The minimum absolute atomic E-state index is 0.101. The van der Waals surface area contributed by atoms with E-state index in [2.05, 4.69) is 5.32 Å². The fourth-order valence-corrected chi connectivity index (χ4v) is 3.06. The van der Waals surface area contributed by atoms with Crippen molar-refractivity contribution in [3.8, 4) is 6.07 Å². The molecule has 1 aromatic carbocycles. The monoisotopic (exact) mass is 323 g/mol. The number of halogens is 3. The van der Waals surface area contributed by atoms with Crippen LogP contribution in [0.3, 0.4) is 0 Å². The van der Waals surface area contributed by atoms with Crippen molar-refractivity contribution < 1.29 is 13.2 Å². The maximum absolute atomic E-state index is 12.8. The van der Waals surface area contributed by atoms with Gasteiger partial charge in [0.15, 0.2) is 0 Å². The number of nitriles is 1. The molecule has 6 heteroatoms. The van der Waals surface area contributed by atoms with Crippen LogP contribution in [0.4, 0.5) is 18.9 Å². The number of nitrogens with zero attached hydrogens (tertiary/aromatic N) is 2. The Bertz CT molecular complexity index is 594. The molecule has 0 unspecified atom stereocenters. The summed E-state index contributed by atoms with van der Waals surface area (Å²) in [7, 11) is 0. The number of alkyl halides is 3. The van der Waals surface area contributed by atoms with Crippen LogP contribution in [0.15, 0.2) is 18.2 Å². The smallest absolute Gasteiger partial charge is 0.370 e. The van der Waals surface area contributed by atoms with Gasteiger partial charge < -0.3 is 10.2 Å². The van der Waals surface area contributed by atoms with Gasteiger partial charge in [0.25, 0.3) is 0 Å². The Balaban J connectivity index is 1.64. The third kappa shape index (κ3) is 3.97. The van der Waals surface area contributed by atoms with Crippen molar-refractivity contribution >= 4 is 5.69 Å². The summed E-state index contributed by atoms with van der Waals surface area (Å²) in [5.41, 5.74) is -0.0517. The lowest BCUT2D eigenvalue weighted by Gasteiger charge is -2.34. The highest BCUT2D eigenvalue weighted by Gasteiger charge is 2.32. The minimum atomic E-state index is -4.41. The molecule has 124 valence electrons. The van der Waals surface area contributed by atoms with Crippen molar-refractivity contribution in [1.82, 2.24) is 5.32 Å². The standard InChI is InChI=1S/C17H20F3N3/c18-17(19,20)14-3-4-16(13(9-14)10-21)23-7-5-15(6-8-23)22-11-12-1-2-12/h3-4,9,12,15,22H,1-2,5-8,11H2. The highest BCUT2D eigenvalue weighted by molar-refractivity contribution is 5.61. The summed E-state index contributed by atoms with van der Waals surface area (Å²) in [4.78, 5) is 2.02. The molecule has 1 heterocycles. The van der Waals surface area contributed by atoms with Gasteiger partial charge in [-0.25, -0.2) is 0 Å². The maximum Gasteiger partial charge on any atom is 0.416 e. The molecule has 1 aliphatic carbocycles. The van der Waals surface area contributed by atoms with E-state index < -0.39 is 11.7 Å². The summed E-state index contributed by atoms with van der Waals surface area (Å²) < 4.78 is 38.3. The third-order valence-electron chi connectivity index (χ3n) is 4.67. The van der Waals surface area contributed by atoms with Crippen LogP contribution in [-0.2, 0) is 6.18 Å². The van der Waals surface area contributed by atoms with Crippen LogP contribution in [0, 0.1) is 17.2 Å². The molecule has 0 aromatic heterocycles. The number of anilines is 1.